The van der Waals surface area contributed by atoms with Gasteiger partial charge in [-0.3, -0.25) is 19.4 Å². The molecule has 19 nitrogen and oxygen atoms in total. The first-order valence-electron chi connectivity index (χ1n) is 17.3. The maximum Gasteiger partial charge on any atom is 0.326 e. The second kappa shape index (κ2) is 25.8. The average molecular weight is 757 g/mol. The van der Waals surface area contributed by atoms with Crippen molar-refractivity contribution >= 4 is 40.5 Å². The fourth-order valence-electron chi connectivity index (χ4n) is 4.48. The van der Waals surface area contributed by atoms with Gasteiger partial charge >= 0.3 is 5.97 Å². The number of carboxylic acid groups (broad SMARTS) is 1. The third kappa shape index (κ3) is 17.6. The molecule has 0 spiro atoms. The Kier molecular flexibility index (Phi) is 20.7. The van der Waals surface area contributed by atoms with Gasteiger partial charge in [0.05, 0.1) is 97.7 Å². The van der Waals surface area contributed by atoms with Crippen molar-refractivity contribution in [2.24, 2.45) is 0 Å². The lowest BCUT2D eigenvalue weighted by molar-refractivity contribution is -0.139. The standard InChI is InChI=1S/C35H48N8O11/c1-2-10-49-12-14-51-16-18-53-20-21-54-19-17-52-15-13-50-11-9-37-24-28(44)7-8-29(34(47)48)41-32(45)25-3-5-26(6-4-25)38-22-27-23-39-31-30(40-27)33(46)43-35(36)42-31/h1,3-6,23,29,37-38H,7-22,24H2,(H,41,45)(H,47,48)(H3,36,39,42,43,46)/t29-/m0/s1. The van der Waals surface area contributed by atoms with Crippen LogP contribution in [0, 0.1) is 12.3 Å². The number of aromatic nitrogens is 4. The van der Waals surface area contributed by atoms with E-state index in [0.29, 0.717) is 90.6 Å². The number of carboxylic acids is 1. The Bertz CT molecular complexity index is 1680. The summed E-state index contributed by atoms with van der Waals surface area (Å²) in [5.41, 5.74) is 6.57. The van der Waals surface area contributed by atoms with Crippen molar-refractivity contribution < 1.29 is 47.9 Å². The van der Waals surface area contributed by atoms with Crippen LogP contribution in [0.2, 0.25) is 0 Å². The van der Waals surface area contributed by atoms with Crippen LogP contribution < -0.4 is 27.2 Å². The number of ether oxygens (including phenoxy) is 6. The zero-order valence-electron chi connectivity index (χ0n) is 30.0. The number of Topliss-reactive ketones (excluding diaryl/α,β-unsaturated/α-hetero) is 1. The number of rotatable bonds is 30. The Labute approximate surface area is 312 Å². The van der Waals surface area contributed by atoms with Gasteiger partial charge in [0.1, 0.15) is 18.4 Å². The van der Waals surface area contributed by atoms with E-state index in [1.54, 1.807) is 12.1 Å². The number of nitrogens with two attached hydrogens (primary N) is 1. The number of terminal acetylenes is 1. The molecule has 19 heteroatoms. The van der Waals surface area contributed by atoms with E-state index in [4.69, 9.17) is 40.6 Å². The van der Waals surface area contributed by atoms with Crippen LogP contribution in [-0.2, 0) is 44.6 Å². The molecule has 0 radical (unpaired) electrons. The van der Waals surface area contributed by atoms with E-state index in [1.165, 1.54) is 18.3 Å². The van der Waals surface area contributed by atoms with Gasteiger partial charge in [-0.25, -0.2) is 14.8 Å². The molecule has 3 rings (SSSR count). The molecule has 0 aliphatic heterocycles. The van der Waals surface area contributed by atoms with Gasteiger partial charge in [-0.2, -0.15) is 4.98 Å². The summed E-state index contributed by atoms with van der Waals surface area (Å²) in [7, 11) is 0. The Morgan fingerprint density at radius 3 is 2.06 bits per heavy atom. The Balaban J connectivity index is 1.18. The smallest absolute Gasteiger partial charge is 0.326 e. The average Bonchev–Trinajstić information content (AvgIpc) is 3.16. The fraction of sp³-hybridized carbons (Fsp3) is 0.514. The predicted octanol–water partition coefficient (Wildman–Crippen LogP) is -0.238. The first kappa shape index (κ1) is 43.3. The number of anilines is 2. The molecule has 0 aliphatic carbocycles. The molecular formula is C35H48N8O11. The molecule has 54 heavy (non-hydrogen) atoms. The van der Waals surface area contributed by atoms with Crippen LogP contribution in [-0.4, -0.2) is 141 Å². The molecular weight excluding hydrogens is 708 g/mol. The Morgan fingerprint density at radius 1 is 0.870 bits per heavy atom. The summed E-state index contributed by atoms with van der Waals surface area (Å²) in [6, 6.07) is 5.08. The zero-order valence-corrected chi connectivity index (χ0v) is 30.0. The van der Waals surface area contributed by atoms with E-state index in [9.17, 15) is 24.3 Å². The first-order chi connectivity index (χ1) is 26.3. The number of aromatic amines is 1. The van der Waals surface area contributed by atoms with Crippen molar-refractivity contribution in [2.45, 2.75) is 25.4 Å². The lowest BCUT2D eigenvalue weighted by Crippen LogP contribution is -2.41. The largest absolute Gasteiger partial charge is 0.480 e. The molecule has 0 bridgehead atoms. The second-order valence-electron chi connectivity index (χ2n) is 11.4. The molecule has 0 saturated heterocycles. The number of H-pyrrole nitrogens is 1. The molecule has 1 atom stereocenters. The number of aliphatic carboxylic acids is 1. The van der Waals surface area contributed by atoms with Crippen LogP contribution in [0.25, 0.3) is 11.2 Å². The minimum atomic E-state index is -1.25. The lowest BCUT2D eigenvalue weighted by atomic mass is 10.1. The topological polar surface area (TPSA) is 260 Å². The highest BCUT2D eigenvalue weighted by atomic mass is 16.6. The predicted molar refractivity (Wildman–Crippen MR) is 196 cm³/mol. The molecule has 3 aromatic rings. The number of nitrogens with zero attached hydrogens (tertiary/aromatic N) is 3. The summed E-state index contributed by atoms with van der Waals surface area (Å²) in [6.07, 6.45) is 6.44. The van der Waals surface area contributed by atoms with Crippen molar-refractivity contribution in [1.29, 1.82) is 0 Å². The number of ketones is 1. The van der Waals surface area contributed by atoms with Gasteiger partial charge in [-0.05, 0) is 30.7 Å². The molecule has 2 aromatic heterocycles. The number of fused-ring (bicyclic) bond motifs is 1. The summed E-state index contributed by atoms with van der Waals surface area (Å²) < 4.78 is 32.2. The molecule has 0 aliphatic rings. The number of carbonyl (C=O) groups is 3. The highest BCUT2D eigenvalue weighted by Crippen LogP contribution is 2.12. The monoisotopic (exact) mass is 756 g/mol. The van der Waals surface area contributed by atoms with Gasteiger partial charge in [0.25, 0.3) is 11.5 Å². The van der Waals surface area contributed by atoms with Gasteiger partial charge in [0, 0.05) is 24.2 Å². The normalized spacial score (nSPS) is 11.6. The Hall–Kier alpha value is -5.07. The summed E-state index contributed by atoms with van der Waals surface area (Å²) in [4.78, 5) is 63.6. The van der Waals surface area contributed by atoms with E-state index >= 15 is 0 Å². The van der Waals surface area contributed by atoms with Gasteiger partial charge in [0.15, 0.2) is 11.2 Å². The minimum Gasteiger partial charge on any atom is -0.480 e. The SMILES string of the molecule is C#CCOCCOCCOCCOCCOCCOCCNCC(=O)CC[C@H](NC(=O)c1ccc(NCc2cnc3nc(N)[nH]c(=O)c3n2)cc1)C(=O)O. The van der Waals surface area contributed by atoms with E-state index in [-0.39, 0.29) is 61.0 Å². The van der Waals surface area contributed by atoms with Gasteiger partial charge in [-0.15, -0.1) is 6.42 Å². The van der Waals surface area contributed by atoms with Crippen molar-refractivity contribution in [3.63, 3.8) is 0 Å². The van der Waals surface area contributed by atoms with Crippen molar-refractivity contribution in [3.8, 4) is 12.3 Å². The maximum atomic E-state index is 12.7. The molecule has 0 fully saturated rings. The van der Waals surface area contributed by atoms with Crippen LogP contribution in [0.5, 0.6) is 0 Å². The number of benzene rings is 1. The number of nitrogens with one attached hydrogen (secondary N) is 4. The van der Waals surface area contributed by atoms with E-state index in [1.807, 2.05) is 0 Å². The van der Waals surface area contributed by atoms with Crippen LogP contribution in [0.1, 0.15) is 28.9 Å². The molecule has 0 unspecified atom stereocenters. The number of hydrogen-bond acceptors (Lipinski definition) is 16. The molecule has 1 aromatic carbocycles. The zero-order chi connectivity index (χ0) is 38.8. The molecule has 1 amide bonds. The fourth-order valence-corrected chi connectivity index (χ4v) is 4.48. The van der Waals surface area contributed by atoms with Crippen molar-refractivity contribution in [3.05, 3.63) is 52.1 Å². The second-order valence-corrected chi connectivity index (χ2v) is 11.4. The highest BCUT2D eigenvalue weighted by molar-refractivity contribution is 5.97. The van der Waals surface area contributed by atoms with Crippen LogP contribution in [0.4, 0.5) is 11.6 Å². The van der Waals surface area contributed by atoms with Crippen molar-refractivity contribution in [2.75, 3.05) is 103 Å². The highest BCUT2D eigenvalue weighted by Gasteiger charge is 2.21. The minimum absolute atomic E-state index is 0.0393. The molecule has 7 N–H and O–H groups in total. The van der Waals surface area contributed by atoms with Crippen LogP contribution in [0.15, 0.2) is 35.3 Å². The summed E-state index contributed by atoms with van der Waals surface area (Å²) in [5, 5.41) is 18.2. The summed E-state index contributed by atoms with van der Waals surface area (Å²) >= 11 is 0. The first-order valence-corrected chi connectivity index (χ1v) is 17.3. The van der Waals surface area contributed by atoms with Crippen LogP contribution in [0.3, 0.4) is 0 Å². The van der Waals surface area contributed by atoms with Gasteiger partial charge in [-0.1, -0.05) is 5.92 Å². The van der Waals surface area contributed by atoms with E-state index < -0.39 is 23.5 Å². The third-order valence-electron chi connectivity index (χ3n) is 7.21. The van der Waals surface area contributed by atoms with Gasteiger partial charge in [0.2, 0.25) is 5.95 Å². The third-order valence-corrected chi connectivity index (χ3v) is 7.21. The summed E-state index contributed by atoms with van der Waals surface area (Å²) in [5.74, 6) is 0.287. The summed E-state index contributed by atoms with van der Waals surface area (Å²) in [6.45, 7) is 5.71. The number of carbonyl (C=O) groups excluding carboxylic acids is 2. The lowest BCUT2D eigenvalue weighted by Gasteiger charge is -2.15. The van der Waals surface area contributed by atoms with Gasteiger partial charge < -0.3 is 55.2 Å². The quantitative estimate of drug-likeness (QED) is 0.0379. The number of amides is 1. The van der Waals surface area contributed by atoms with Crippen molar-refractivity contribution in [1.82, 2.24) is 30.6 Å². The Morgan fingerprint density at radius 2 is 1.46 bits per heavy atom. The van der Waals surface area contributed by atoms with E-state index in [2.05, 4.69) is 41.8 Å². The number of nitrogen functional groups attached to an aromatic ring is 1. The van der Waals surface area contributed by atoms with E-state index in [0.717, 1.165) is 0 Å². The number of hydrogen-bond donors (Lipinski definition) is 6. The van der Waals surface area contributed by atoms with Crippen LogP contribution >= 0.6 is 0 Å². The maximum absolute atomic E-state index is 12.7. The molecule has 2 heterocycles. The molecule has 0 saturated carbocycles. The molecule has 294 valence electrons.